The minimum atomic E-state index is 0.210. The van der Waals surface area contributed by atoms with E-state index < -0.39 is 0 Å². The first kappa shape index (κ1) is 8.62. The van der Waals surface area contributed by atoms with Crippen LogP contribution in [0.1, 0.15) is 5.56 Å². The molecule has 0 saturated heterocycles. The Bertz CT molecular complexity index is 329. The van der Waals surface area contributed by atoms with Crippen LogP contribution in [0.4, 0.5) is 0 Å². The molecular weight excluding hydrogens is 194 g/mol. The van der Waals surface area contributed by atoms with E-state index in [9.17, 15) is 0 Å². The van der Waals surface area contributed by atoms with Crippen molar-refractivity contribution in [3.05, 3.63) is 22.7 Å². The molecule has 1 aromatic carbocycles. The van der Waals surface area contributed by atoms with E-state index in [1.807, 2.05) is 0 Å². The Morgan fingerprint density at radius 3 is 3.08 bits per heavy atom. The van der Waals surface area contributed by atoms with E-state index >= 15 is 0 Å². The Hall–Kier alpha value is -0.970. The average Bonchev–Trinajstić information content (AvgIpc) is 2.53. The highest BCUT2D eigenvalue weighted by atomic mass is 35.5. The maximum absolute atomic E-state index is 5.91. The standard InChI is InChI=1S/C8H8ClNO3/c9-6-1-5(3-13-10)2-7-8(6)12-4-11-7/h1-2H,3-4,10H2. The zero-order valence-corrected chi connectivity index (χ0v) is 7.50. The molecule has 4 nitrogen and oxygen atoms in total. The number of hydrogen-bond acceptors (Lipinski definition) is 4. The number of halogens is 1. The van der Waals surface area contributed by atoms with Gasteiger partial charge in [-0.1, -0.05) is 11.6 Å². The van der Waals surface area contributed by atoms with Crippen LogP contribution >= 0.6 is 11.6 Å². The van der Waals surface area contributed by atoms with Crippen LogP contribution in [0.2, 0.25) is 5.02 Å². The molecule has 2 N–H and O–H groups in total. The highest BCUT2D eigenvalue weighted by Gasteiger charge is 2.17. The lowest BCUT2D eigenvalue weighted by atomic mass is 10.2. The molecule has 0 saturated carbocycles. The fourth-order valence-corrected chi connectivity index (χ4v) is 1.49. The monoisotopic (exact) mass is 201 g/mol. The fraction of sp³-hybridized carbons (Fsp3) is 0.250. The summed E-state index contributed by atoms with van der Waals surface area (Å²) < 4.78 is 10.3. The highest BCUT2D eigenvalue weighted by molar-refractivity contribution is 6.32. The van der Waals surface area contributed by atoms with Crippen molar-refractivity contribution in [2.75, 3.05) is 6.79 Å². The van der Waals surface area contributed by atoms with Gasteiger partial charge in [-0.3, -0.25) is 4.84 Å². The van der Waals surface area contributed by atoms with Crippen molar-refractivity contribution < 1.29 is 14.3 Å². The first-order valence-corrected chi connectivity index (χ1v) is 4.09. The lowest BCUT2D eigenvalue weighted by molar-refractivity contribution is 0.124. The molecule has 5 heteroatoms. The quantitative estimate of drug-likeness (QED) is 0.736. The van der Waals surface area contributed by atoms with Gasteiger partial charge in [-0.05, 0) is 17.7 Å². The second-order valence-electron chi connectivity index (χ2n) is 2.62. The van der Waals surface area contributed by atoms with Crippen LogP contribution < -0.4 is 15.4 Å². The van der Waals surface area contributed by atoms with Gasteiger partial charge in [-0.2, -0.15) is 0 Å². The largest absolute Gasteiger partial charge is 0.454 e. The smallest absolute Gasteiger partial charge is 0.231 e. The van der Waals surface area contributed by atoms with E-state index in [-0.39, 0.29) is 6.79 Å². The summed E-state index contributed by atoms with van der Waals surface area (Å²) in [6, 6.07) is 3.53. The Balaban J connectivity index is 2.37. The van der Waals surface area contributed by atoms with Crippen molar-refractivity contribution in [3.63, 3.8) is 0 Å². The van der Waals surface area contributed by atoms with Gasteiger partial charge < -0.3 is 9.47 Å². The third-order valence-electron chi connectivity index (χ3n) is 1.74. The fourth-order valence-electron chi connectivity index (χ4n) is 1.20. The Kier molecular flexibility index (Phi) is 2.26. The van der Waals surface area contributed by atoms with Crippen LogP contribution in [0.25, 0.3) is 0 Å². The molecule has 0 fully saturated rings. The highest BCUT2D eigenvalue weighted by Crippen LogP contribution is 2.39. The summed E-state index contributed by atoms with van der Waals surface area (Å²) in [7, 11) is 0. The first-order chi connectivity index (χ1) is 6.31. The third kappa shape index (κ3) is 1.56. The van der Waals surface area contributed by atoms with Gasteiger partial charge in [0.2, 0.25) is 6.79 Å². The van der Waals surface area contributed by atoms with Gasteiger partial charge >= 0.3 is 0 Å². The van der Waals surface area contributed by atoms with E-state index in [2.05, 4.69) is 4.84 Å². The van der Waals surface area contributed by atoms with Gasteiger partial charge in [-0.25, -0.2) is 5.90 Å². The molecule has 1 aliphatic rings. The van der Waals surface area contributed by atoms with Crippen LogP contribution in [0, 0.1) is 0 Å². The van der Waals surface area contributed by atoms with Gasteiger partial charge in [-0.15, -0.1) is 0 Å². The first-order valence-electron chi connectivity index (χ1n) is 3.71. The predicted octanol–water partition coefficient (Wildman–Crippen LogP) is 1.46. The molecule has 1 aromatic rings. The molecule has 0 atom stereocenters. The Morgan fingerprint density at radius 1 is 1.46 bits per heavy atom. The van der Waals surface area contributed by atoms with Gasteiger partial charge in [0.15, 0.2) is 11.5 Å². The number of nitrogens with two attached hydrogens (primary N) is 1. The van der Waals surface area contributed by atoms with Gasteiger partial charge in [0.25, 0.3) is 0 Å². The molecule has 0 bridgehead atoms. The molecule has 0 spiro atoms. The summed E-state index contributed by atoms with van der Waals surface area (Å²) in [4.78, 5) is 4.49. The maximum Gasteiger partial charge on any atom is 0.231 e. The number of benzene rings is 1. The molecular formula is C8H8ClNO3. The molecule has 2 rings (SSSR count). The molecule has 13 heavy (non-hydrogen) atoms. The lowest BCUT2D eigenvalue weighted by Crippen LogP contribution is -1.98. The van der Waals surface area contributed by atoms with Crippen LogP contribution in [0.5, 0.6) is 11.5 Å². The van der Waals surface area contributed by atoms with Crippen molar-refractivity contribution in [2.24, 2.45) is 5.90 Å². The van der Waals surface area contributed by atoms with Crippen molar-refractivity contribution in [2.45, 2.75) is 6.61 Å². The second kappa shape index (κ2) is 3.41. The molecule has 0 amide bonds. The molecule has 70 valence electrons. The summed E-state index contributed by atoms with van der Waals surface area (Å²) in [6.07, 6.45) is 0. The summed E-state index contributed by atoms with van der Waals surface area (Å²) >= 11 is 5.91. The van der Waals surface area contributed by atoms with Crippen LogP contribution in [0.15, 0.2) is 12.1 Å². The van der Waals surface area contributed by atoms with E-state index in [4.69, 9.17) is 27.0 Å². The number of rotatable bonds is 2. The van der Waals surface area contributed by atoms with E-state index in [0.717, 1.165) is 5.56 Å². The topological polar surface area (TPSA) is 53.7 Å². The van der Waals surface area contributed by atoms with Crippen molar-refractivity contribution in [1.82, 2.24) is 0 Å². The molecule has 0 aromatic heterocycles. The van der Waals surface area contributed by atoms with Gasteiger partial charge in [0.1, 0.15) is 0 Å². The summed E-state index contributed by atoms with van der Waals surface area (Å²) in [5.41, 5.74) is 0.858. The van der Waals surface area contributed by atoms with Crippen LogP contribution in [-0.2, 0) is 11.4 Å². The summed E-state index contributed by atoms with van der Waals surface area (Å²) in [5, 5.41) is 0.516. The van der Waals surface area contributed by atoms with Crippen molar-refractivity contribution >= 4 is 11.6 Å². The summed E-state index contributed by atoms with van der Waals surface area (Å²) in [6.45, 7) is 0.512. The molecule has 0 unspecified atom stereocenters. The van der Waals surface area contributed by atoms with E-state index in [1.165, 1.54) is 0 Å². The average molecular weight is 202 g/mol. The molecule has 1 heterocycles. The van der Waals surface area contributed by atoms with Gasteiger partial charge in [0, 0.05) is 0 Å². The van der Waals surface area contributed by atoms with E-state index in [0.29, 0.717) is 23.1 Å². The van der Waals surface area contributed by atoms with Crippen molar-refractivity contribution in [1.29, 1.82) is 0 Å². The normalized spacial score (nSPS) is 13.4. The van der Waals surface area contributed by atoms with Crippen LogP contribution in [0.3, 0.4) is 0 Å². The Morgan fingerprint density at radius 2 is 2.31 bits per heavy atom. The maximum atomic E-state index is 5.91. The van der Waals surface area contributed by atoms with Crippen molar-refractivity contribution in [3.8, 4) is 11.5 Å². The van der Waals surface area contributed by atoms with Gasteiger partial charge in [0.05, 0.1) is 11.6 Å². The molecule has 0 radical (unpaired) electrons. The number of hydrogen-bond donors (Lipinski definition) is 1. The minimum absolute atomic E-state index is 0.210. The number of ether oxygens (including phenoxy) is 2. The van der Waals surface area contributed by atoms with E-state index in [1.54, 1.807) is 12.1 Å². The molecule has 1 aliphatic heterocycles. The lowest BCUT2D eigenvalue weighted by Gasteiger charge is -2.02. The number of fused-ring (bicyclic) bond motifs is 1. The Labute approximate surface area is 80.1 Å². The SMILES string of the molecule is NOCc1cc(Cl)c2c(c1)OCO2. The second-order valence-corrected chi connectivity index (χ2v) is 3.03. The zero-order valence-electron chi connectivity index (χ0n) is 6.75. The summed E-state index contributed by atoms with van der Waals surface area (Å²) in [5.74, 6) is 6.16. The zero-order chi connectivity index (χ0) is 9.26. The van der Waals surface area contributed by atoms with Crippen LogP contribution in [-0.4, -0.2) is 6.79 Å². The third-order valence-corrected chi connectivity index (χ3v) is 2.02. The predicted molar refractivity (Wildman–Crippen MR) is 46.6 cm³/mol. The molecule has 0 aliphatic carbocycles. The minimum Gasteiger partial charge on any atom is -0.454 e.